The van der Waals surface area contributed by atoms with Gasteiger partial charge in [-0.15, -0.1) is 0 Å². The fraction of sp³-hybridized carbons (Fsp3) is 0.739. The Hall–Kier alpha value is -2.18. The van der Waals surface area contributed by atoms with Crippen LogP contribution in [0.4, 0.5) is 5.82 Å². The smallest absolute Gasteiger partial charge is 0.317 e. The number of hydrogen-bond acceptors (Lipinski definition) is 5. The number of anilines is 1. The highest BCUT2D eigenvalue weighted by Crippen LogP contribution is 2.32. The van der Waals surface area contributed by atoms with E-state index >= 15 is 0 Å². The lowest BCUT2D eigenvalue weighted by Gasteiger charge is -2.46. The van der Waals surface area contributed by atoms with Gasteiger partial charge in [-0.2, -0.15) is 0 Å². The summed E-state index contributed by atoms with van der Waals surface area (Å²) in [7, 11) is 0. The zero-order valence-corrected chi connectivity index (χ0v) is 18.8. The molecule has 7 heteroatoms. The monoisotopic (exact) mass is 416 g/mol. The number of nitrogens with zero attached hydrogens (tertiary/aromatic N) is 4. The fourth-order valence-electron chi connectivity index (χ4n) is 5.22. The average molecular weight is 417 g/mol. The molecular formula is C23H36N4O3. The average Bonchev–Trinajstić information content (AvgIpc) is 2.75. The number of amides is 1. The second-order valence-electron chi connectivity index (χ2n) is 9.02. The van der Waals surface area contributed by atoms with E-state index in [1.807, 2.05) is 19.9 Å². The maximum absolute atomic E-state index is 13.2. The molecule has 1 N–H and O–H groups in total. The summed E-state index contributed by atoms with van der Waals surface area (Å²) >= 11 is 0. The summed E-state index contributed by atoms with van der Waals surface area (Å²) in [5.74, 6) is 0.717. The summed E-state index contributed by atoms with van der Waals surface area (Å²) in [5, 5.41) is 9.84. The Morgan fingerprint density at radius 1 is 1.10 bits per heavy atom. The highest BCUT2D eigenvalue weighted by molar-refractivity contribution is 5.80. The van der Waals surface area contributed by atoms with Crippen LogP contribution in [0.25, 0.3) is 0 Å². The van der Waals surface area contributed by atoms with Crippen molar-refractivity contribution in [3.63, 3.8) is 0 Å². The minimum Gasteiger partial charge on any atom is -0.480 e. The number of carboxylic acids is 1. The van der Waals surface area contributed by atoms with Crippen LogP contribution in [0.15, 0.2) is 12.3 Å². The molecule has 7 nitrogen and oxygen atoms in total. The van der Waals surface area contributed by atoms with Crippen molar-refractivity contribution in [2.45, 2.75) is 90.1 Å². The summed E-state index contributed by atoms with van der Waals surface area (Å²) in [6.45, 7) is 9.33. The van der Waals surface area contributed by atoms with Crippen molar-refractivity contribution in [2.24, 2.45) is 5.92 Å². The number of carbonyl (C=O) groups excluding carboxylic acids is 1. The molecule has 1 amide bonds. The minimum absolute atomic E-state index is 0.0863. The van der Waals surface area contributed by atoms with Crippen LogP contribution in [0, 0.1) is 5.92 Å². The minimum atomic E-state index is -1.06. The van der Waals surface area contributed by atoms with Gasteiger partial charge in [0, 0.05) is 37.3 Å². The van der Waals surface area contributed by atoms with E-state index in [0.29, 0.717) is 37.7 Å². The second kappa shape index (κ2) is 9.31. The van der Waals surface area contributed by atoms with Crippen LogP contribution >= 0.6 is 0 Å². The van der Waals surface area contributed by atoms with Crippen LogP contribution in [0.3, 0.4) is 0 Å². The largest absolute Gasteiger partial charge is 0.480 e. The topological polar surface area (TPSA) is 86.6 Å². The predicted molar refractivity (Wildman–Crippen MR) is 116 cm³/mol. The molecule has 2 aliphatic rings. The lowest BCUT2D eigenvalue weighted by molar-refractivity contribution is -0.144. The van der Waals surface area contributed by atoms with Gasteiger partial charge in [-0.25, -0.2) is 9.97 Å². The van der Waals surface area contributed by atoms with Crippen molar-refractivity contribution < 1.29 is 14.7 Å². The maximum Gasteiger partial charge on any atom is 0.317 e. The third-order valence-corrected chi connectivity index (χ3v) is 7.14. The van der Waals surface area contributed by atoms with Crippen molar-refractivity contribution in [2.75, 3.05) is 18.0 Å². The van der Waals surface area contributed by atoms with Crippen LogP contribution in [0.5, 0.6) is 0 Å². The summed E-state index contributed by atoms with van der Waals surface area (Å²) in [6, 6.07) is 2.02. The summed E-state index contributed by atoms with van der Waals surface area (Å²) in [4.78, 5) is 38.4. The molecule has 1 saturated carbocycles. The third kappa shape index (κ3) is 4.16. The van der Waals surface area contributed by atoms with Gasteiger partial charge in [-0.1, -0.05) is 33.1 Å². The molecule has 1 aliphatic carbocycles. The first-order chi connectivity index (χ1) is 14.3. The van der Waals surface area contributed by atoms with Gasteiger partial charge in [-0.3, -0.25) is 9.59 Å². The molecule has 2 fully saturated rings. The Morgan fingerprint density at radius 3 is 2.23 bits per heavy atom. The van der Waals surface area contributed by atoms with Gasteiger partial charge in [-0.05, 0) is 45.6 Å². The van der Waals surface area contributed by atoms with Crippen molar-refractivity contribution in [3.05, 3.63) is 18.1 Å². The van der Waals surface area contributed by atoms with Crippen LogP contribution in [-0.4, -0.2) is 57.0 Å². The Bertz CT molecular complexity index is 747. The Balaban J connectivity index is 1.79. The molecule has 1 aromatic rings. The van der Waals surface area contributed by atoms with Gasteiger partial charge in [0.2, 0.25) is 5.91 Å². The number of carboxylic acid groups (broad SMARTS) is 1. The van der Waals surface area contributed by atoms with E-state index < -0.39 is 11.4 Å². The van der Waals surface area contributed by atoms with Crippen molar-refractivity contribution in [3.8, 4) is 0 Å². The summed E-state index contributed by atoms with van der Waals surface area (Å²) < 4.78 is 0. The highest BCUT2D eigenvalue weighted by atomic mass is 16.4. The zero-order valence-electron chi connectivity index (χ0n) is 18.8. The molecule has 2 heterocycles. The molecule has 0 bridgehead atoms. The maximum atomic E-state index is 13.2. The second-order valence-corrected chi connectivity index (χ2v) is 9.02. The van der Waals surface area contributed by atoms with E-state index in [-0.39, 0.29) is 18.0 Å². The van der Waals surface area contributed by atoms with Gasteiger partial charge in [0.05, 0.1) is 0 Å². The van der Waals surface area contributed by atoms with Crippen molar-refractivity contribution in [1.82, 2.24) is 14.9 Å². The summed E-state index contributed by atoms with van der Waals surface area (Å²) in [6.07, 6.45) is 8.13. The number of hydrogen-bond donors (Lipinski definition) is 1. The molecule has 2 atom stereocenters. The molecule has 0 unspecified atom stereocenters. The number of rotatable bonds is 6. The van der Waals surface area contributed by atoms with Crippen LogP contribution < -0.4 is 4.90 Å². The van der Waals surface area contributed by atoms with Crippen LogP contribution in [0.1, 0.15) is 78.5 Å². The SMILES string of the molecule is CCC(CC)(C(=O)O)c1nccc(N2C[C@@H](C)N(C(=O)C3CCCCC3)[C@@H](C)C2)n1. The number of piperazine rings is 1. The van der Waals surface area contributed by atoms with Gasteiger partial charge < -0.3 is 14.9 Å². The van der Waals surface area contributed by atoms with E-state index in [9.17, 15) is 14.7 Å². The van der Waals surface area contributed by atoms with Crippen molar-refractivity contribution in [1.29, 1.82) is 0 Å². The first kappa shape index (κ1) is 22.5. The standard InChI is InChI=1S/C23H36N4O3/c1-5-23(6-2,22(29)30)21-24-13-12-19(25-21)26-14-16(3)27(17(4)15-26)20(28)18-10-8-7-9-11-18/h12-13,16-18H,5-11,14-15H2,1-4H3,(H,29,30)/t16-,17+. The van der Waals surface area contributed by atoms with Gasteiger partial charge in [0.15, 0.2) is 0 Å². The van der Waals surface area contributed by atoms with Gasteiger partial charge in [0.25, 0.3) is 0 Å². The van der Waals surface area contributed by atoms with E-state index in [0.717, 1.165) is 31.5 Å². The normalized spacial score (nSPS) is 23.5. The molecule has 1 aliphatic heterocycles. The Kier molecular flexibility index (Phi) is 6.98. The Labute approximate surface area is 179 Å². The number of carbonyl (C=O) groups is 2. The Morgan fingerprint density at radius 2 is 1.70 bits per heavy atom. The molecule has 0 spiro atoms. The molecule has 166 valence electrons. The molecule has 1 aromatic heterocycles. The lowest BCUT2D eigenvalue weighted by atomic mass is 9.81. The molecule has 3 rings (SSSR count). The quantitative estimate of drug-likeness (QED) is 0.762. The van der Waals surface area contributed by atoms with E-state index in [4.69, 9.17) is 4.98 Å². The van der Waals surface area contributed by atoms with E-state index in [1.165, 1.54) is 6.42 Å². The first-order valence-electron chi connectivity index (χ1n) is 11.5. The molecular weight excluding hydrogens is 380 g/mol. The molecule has 0 radical (unpaired) electrons. The molecule has 30 heavy (non-hydrogen) atoms. The van der Waals surface area contributed by atoms with Gasteiger partial charge in [0.1, 0.15) is 17.1 Å². The van der Waals surface area contributed by atoms with E-state index in [1.54, 1.807) is 6.20 Å². The fourth-order valence-corrected chi connectivity index (χ4v) is 5.22. The predicted octanol–water partition coefficient (Wildman–Crippen LogP) is 3.62. The number of aromatic nitrogens is 2. The van der Waals surface area contributed by atoms with Crippen LogP contribution in [-0.2, 0) is 15.0 Å². The first-order valence-corrected chi connectivity index (χ1v) is 11.5. The third-order valence-electron chi connectivity index (χ3n) is 7.14. The van der Waals surface area contributed by atoms with Crippen molar-refractivity contribution >= 4 is 17.7 Å². The highest BCUT2D eigenvalue weighted by Gasteiger charge is 2.41. The van der Waals surface area contributed by atoms with E-state index in [2.05, 4.69) is 28.6 Å². The molecule has 0 aromatic carbocycles. The lowest BCUT2D eigenvalue weighted by Crippen LogP contribution is -2.60. The number of aliphatic carboxylic acids is 1. The molecule has 1 saturated heterocycles. The van der Waals surface area contributed by atoms with Gasteiger partial charge >= 0.3 is 5.97 Å². The zero-order chi connectivity index (χ0) is 21.9. The van der Waals surface area contributed by atoms with Crippen LogP contribution in [0.2, 0.25) is 0 Å². The summed E-state index contributed by atoms with van der Waals surface area (Å²) in [5.41, 5.74) is -1.06.